The number of hydrogen-bond acceptors (Lipinski definition) is 4. The van der Waals surface area contributed by atoms with Crippen LogP contribution in [0.15, 0.2) is 65.1 Å². The molecule has 0 aliphatic heterocycles. The van der Waals surface area contributed by atoms with Gasteiger partial charge in [-0.2, -0.15) is 21.6 Å². The number of benzene rings is 2. The summed E-state index contributed by atoms with van der Waals surface area (Å²) in [5.41, 5.74) is -0.287. The first-order chi connectivity index (χ1) is 13.5. The molecule has 2 aromatic carbocycles. The Morgan fingerprint density at radius 1 is 0.966 bits per heavy atom. The lowest BCUT2D eigenvalue weighted by atomic mass is 10.1. The van der Waals surface area contributed by atoms with Crippen molar-refractivity contribution in [3.05, 3.63) is 72.0 Å². The van der Waals surface area contributed by atoms with Gasteiger partial charge in [-0.3, -0.25) is 9.52 Å². The van der Waals surface area contributed by atoms with E-state index in [0.717, 1.165) is 12.1 Å². The Morgan fingerprint density at radius 3 is 2.34 bits per heavy atom. The molecule has 0 aliphatic carbocycles. The molecule has 0 radical (unpaired) electrons. The highest BCUT2D eigenvalue weighted by Gasteiger charge is 2.30. The van der Waals surface area contributed by atoms with Crippen molar-refractivity contribution in [3.8, 4) is 11.3 Å². The van der Waals surface area contributed by atoms with Gasteiger partial charge in [0.05, 0.1) is 11.3 Å². The highest BCUT2D eigenvalue weighted by Crippen LogP contribution is 2.32. The number of carbonyl (C=O) groups is 1. The van der Waals surface area contributed by atoms with Gasteiger partial charge in [0.2, 0.25) is 0 Å². The van der Waals surface area contributed by atoms with Gasteiger partial charge < -0.3 is 9.73 Å². The fraction of sp³-hybridized carbons (Fsp3) is 0.0556. The second kappa shape index (κ2) is 7.60. The Kier molecular flexibility index (Phi) is 5.36. The number of furan rings is 1. The van der Waals surface area contributed by atoms with E-state index in [-0.39, 0.29) is 28.5 Å². The topological polar surface area (TPSA) is 114 Å². The fourth-order valence-corrected chi connectivity index (χ4v) is 2.94. The second-order valence-electron chi connectivity index (χ2n) is 5.92. The lowest BCUT2D eigenvalue weighted by molar-refractivity contribution is -0.137. The van der Waals surface area contributed by atoms with Gasteiger partial charge >= 0.3 is 6.18 Å². The van der Waals surface area contributed by atoms with Crippen LogP contribution in [0.5, 0.6) is 0 Å². The maximum atomic E-state index is 12.8. The summed E-state index contributed by atoms with van der Waals surface area (Å²) in [4.78, 5) is 12.3. The van der Waals surface area contributed by atoms with Crippen molar-refractivity contribution >= 4 is 27.5 Å². The van der Waals surface area contributed by atoms with Crippen LogP contribution in [0.4, 0.5) is 24.5 Å². The minimum absolute atomic E-state index is 0.0888. The molecular weight excluding hydrogens is 411 g/mol. The number of anilines is 2. The van der Waals surface area contributed by atoms with Gasteiger partial charge in [-0.15, -0.1) is 0 Å². The molecule has 29 heavy (non-hydrogen) atoms. The smallest absolute Gasteiger partial charge is 0.416 e. The van der Waals surface area contributed by atoms with Crippen LogP contribution < -0.4 is 15.2 Å². The van der Waals surface area contributed by atoms with Crippen LogP contribution in [0.2, 0.25) is 0 Å². The average Bonchev–Trinajstić information content (AvgIpc) is 3.10. The molecule has 0 saturated heterocycles. The molecule has 0 unspecified atom stereocenters. The summed E-state index contributed by atoms with van der Waals surface area (Å²) in [6.45, 7) is 0. The van der Waals surface area contributed by atoms with Gasteiger partial charge in [0.1, 0.15) is 5.76 Å². The second-order valence-corrected chi connectivity index (χ2v) is 7.22. The molecule has 0 aliphatic rings. The maximum absolute atomic E-state index is 12.8. The van der Waals surface area contributed by atoms with Crippen LogP contribution in [0.1, 0.15) is 16.1 Å². The van der Waals surface area contributed by atoms with Gasteiger partial charge in [0.15, 0.2) is 5.76 Å². The summed E-state index contributed by atoms with van der Waals surface area (Å²) in [6, 6.07) is 13.0. The first-order valence-electron chi connectivity index (χ1n) is 8.01. The molecule has 1 aromatic heterocycles. The molecule has 7 nitrogen and oxygen atoms in total. The number of rotatable bonds is 5. The fourth-order valence-electron chi connectivity index (χ4n) is 2.48. The number of nitrogens with one attached hydrogen (secondary N) is 2. The third kappa shape index (κ3) is 5.36. The van der Waals surface area contributed by atoms with Crippen molar-refractivity contribution in [1.29, 1.82) is 0 Å². The SMILES string of the molecule is NS(=O)(=O)Nc1cccc(NC(=O)c2ccc(-c3cccc(C(F)(F)F)c3)o2)c1. The molecule has 1 amide bonds. The molecule has 0 atom stereocenters. The zero-order chi connectivity index (χ0) is 21.2. The van der Waals surface area contributed by atoms with E-state index in [2.05, 4.69) is 10.0 Å². The van der Waals surface area contributed by atoms with Gasteiger partial charge in [0, 0.05) is 11.3 Å². The third-order valence-corrected chi connectivity index (χ3v) is 4.20. The minimum Gasteiger partial charge on any atom is -0.451 e. The molecule has 0 bridgehead atoms. The highest BCUT2D eigenvalue weighted by molar-refractivity contribution is 7.90. The van der Waals surface area contributed by atoms with E-state index in [1.54, 1.807) is 0 Å². The van der Waals surface area contributed by atoms with Crippen molar-refractivity contribution in [1.82, 2.24) is 0 Å². The van der Waals surface area contributed by atoms with E-state index in [1.165, 1.54) is 48.5 Å². The van der Waals surface area contributed by atoms with Crippen molar-refractivity contribution in [2.75, 3.05) is 10.0 Å². The van der Waals surface area contributed by atoms with Crippen LogP contribution in [0, 0.1) is 0 Å². The third-order valence-electron chi connectivity index (χ3n) is 3.68. The number of nitrogens with two attached hydrogens (primary N) is 1. The molecule has 3 aromatic rings. The van der Waals surface area contributed by atoms with Crippen LogP contribution in [0.3, 0.4) is 0 Å². The first-order valence-corrected chi connectivity index (χ1v) is 9.55. The summed E-state index contributed by atoms with van der Waals surface area (Å²) < 4.78 is 68.1. The highest BCUT2D eigenvalue weighted by atomic mass is 32.2. The lowest BCUT2D eigenvalue weighted by Crippen LogP contribution is -2.21. The maximum Gasteiger partial charge on any atom is 0.416 e. The Bertz CT molecular complexity index is 1160. The van der Waals surface area contributed by atoms with E-state index >= 15 is 0 Å². The molecule has 1 heterocycles. The van der Waals surface area contributed by atoms with Gasteiger partial charge in [-0.25, -0.2) is 5.14 Å². The molecule has 152 valence electrons. The summed E-state index contributed by atoms with van der Waals surface area (Å²) in [7, 11) is -3.98. The zero-order valence-electron chi connectivity index (χ0n) is 14.5. The number of halogens is 3. The van der Waals surface area contributed by atoms with Crippen LogP contribution in [0.25, 0.3) is 11.3 Å². The van der Waals surface area contributed by atoms with Crippen molar-refractivity contribution in [3.63, 3.8) is 0 Å². The largest absolute Gasteiger partial charge is 0.451 e. The molecule has 0 fully saturated rings. The van der Waals surface area contributed by atoms with Crippen molar-refractivity contribution < 1.29 is 30.8 Å². The summed E-state index contributed by atoms with van der Waals surface area (Å²) in [5.74, 6) is -0.718. The predicted molar refractivity (Wildman–Crippen MR) is 100 cm³/mol. The summed E-state index contributed by atoms with van der Waals surface area (Å²) in [6.07, 6.45) is -4.50. The van der Waals surface area contributed by atoms with Gasteiger partial charge in [-0.1, -0.05) is 18.2 Å². The Morgan fingerprint density at radius 2 is 1.66 bits per heavy atom. The molecule has 4 N–H and O–H groups in total. The van der Waals surface area contributed by atoms with Gasteiger partial charge in [-0.05, 0) is 42.5 Å². The number of alkyl halides is 3. The van der Waals surface area contributed by atoms with Crippen molar-refractivity contribution in [2.24, 2.45) is 5.14 Å². The Balaban J connectivity index is 1.78. The molecule has 0 spiro atoms. The monoisotopic (exact) mass is 425 g/mol. The summed E-state index contributed by atoms with van der Waals surface area (Å²) >= 11 is 0. The molecule has 0 saturated carbocycles. The van der Waals surface area contributed by atoms with Crippen LogP contribution in [-0.2, 0) is 16.4 Å². The van der Waals surface area contributed by atoms with Crippen LogP contribution >= 0.6 is 0 Å². The number of hydrogen-bond donors (Lipinski definition) is 3. The standard InChI is InChI=1S/C18H14F3N3O4S/c19-18(20,21)12-4-1-3-11(9-12)15-7-8-16(28-15)17(25)23-13-5-2-6-14(10-13)24-29(22,26)27/h1-10,24H,(H,23,25)(H2,22,26,27). The first kappa shape index (κ1) is 20.4. The van der Waals surface area contributed by atoms with Crippen molar-refractivity contribution in [2.45, 2.75) is 6.18 Å². The van der Waals surface area contributed by atoms with E-state index < -0.39 is 27.9 Å². The average molecular weight is 425 g/mol. The number of carbonyl (C=O) groups excluding carboxylic acids is 1. The molecular formula is C18H14F3N3O4S. The normalized spacial score (nSPS) is 11.9. The molecule has 3 rings (SSSR count). The minimum atomic E-state index is -4.50. The Hall–Kier alpha value is -3.31. The lowest BCUT2D eigenvalue weighted by Gasteiger charge is -2.08. The van der Waals surface area contributed by atoms with E-state index in [0.29, 0.717) is 0 Å². The number of amides is 1. The van der Waals surface area contributed by atoms with E-state index in [4.69, 9.17) is 9.56 Å². The van der Waals surface area contributed by atoms with Crippen LogP contribution in [-0.4, -0.2) is 14.3 Å². The summed E-state index contributed by atoms with van der Waals surface area (Å²) in [5, 5.41) is 7.39. The quantitative estimate of drug-likeness (QED) is 0.576. The van der Waals surface area contributed by atoms with E-state index in [9.17, 15) is 26.4 Å². The molecule has 11 heteroatoms. The Labute approximate surface area is 163 Å². The van der Waals surface area contributed by atoms with Gasteiger partial charge in [0.25, 0.3) is 16.1 Å². The van der Waals surface area contributed by atoms with E-state index in [1.807, 2.05) is 0 Å². The zero-order valence-corrected chi connectivity index (χ0v) is 15.3. The predicted octanol–water partition coefficient (Wildman–Crippen LogP) is 3.83.